The Morgan fingerprint density at radius 2 is 1.24 bits per heavy atom. The quantitative estimate of drug-likeness (QED) is 0.162. The van der Waals surface area contributed by atoms with E-state index >= 15 is 0 Å². The van der Waals surface area contributed by atoms with Gasteiger partial charge in [0.05, 0.1) is 35.5 Å². The number of hydrogen-bond acceptors (Lipinski definition) is 10. The minimum atomic E-state index is -0.293. The average molecular weight is 743 g/mol. The Hall–Kier alpha value is -5.15. The molecule has 0 amide bonds. The lowest BCUT2D eigenvalue weighted by Gasteiger charge is -2.17. The van der Waals surface area contributed by atoms with Crippen LogP contribution in [-0.2, 0) is 0 Å². The van der Waals surface area contributed by atoms with E-state index in [0.29, 0.717) is 22.1 Å². The van der Waals surface area contributed by atoms with Gasteiger partial charge in [0.15, 0.2) is 0 Å². The fourth-order valence-electron chi connectivity index (χ4n) is 5.15. The number of anilines is 1. The molecule has 0 aliphatic heterocycles. The summed E-state index contributed by atoms with van der Waals surface area (Å²) >= 11 is 8.88. The van der Waals surface area contributed by atoms with Crippen LogP contribution in [0.25, 0.3) is 31.8 Å². The Bertz CT molecular complexity index is 2400. The van der Waals surface area contributed by atoms with Crippen molar-refractivity contribution < 1.29 is 8.78 Å². The van der Waals surface area contributed by atoms with E-state index in [1.165, 1.54) is 24.8 Å². The van der Waals surface area contributed by atoms with E-state index < -0.39 is 0 Å². The fourth-order valence-corrected chi connectivity index (χ4v) is 6.86. The first-order chi connectivity index (χ1) is 24.6. The highest BCUT2D eigenvalue weighted by Crippen LogP contribution is 2.29. The average Bonchev–Trinajstić information content (AvgIpc) is 3.93. The van der Waals surface area contributed by atoms with Gasteiger partial charge < -0.3 is 20.2 Å². The highest BCUT2D eigenvalue weighted by molar-refractivity contribution is 7.17. The molecule has 0 fully saturated rings. The first-order valence-corrected chi connectivity index (χ1v) is 17.9. The van der Waals surface area contributed by atoms with Gasteiger partial charge in [-0.3, -0.25) is 0 Å². The summed E-state index contributed by atoms with van der Waals surface area (Å²) in [6.45, 7) is 7.47. The Kier molecular flexibility index (Phi) is 11.1. The number of nitrogens with two attached hydrogens (primary N) is 1. The molecule has 8 rings (SSSR count). The van der Waals surface area contributed by atoms with Crippen LogP contribution in [0.2, 0.25) is 5.15 Å². The SMILES string of the molecule is Cc1cn(-c2ccc(C(C)N)c(F)c2)cn1.Cc1cn(-c2ccc(C(C)Nc3ncnc4sccc34)c(F)c2)cn1.Clc1ncnc2sccc12. The minimum Gasteiger partial charge on any atom is -0.363 e. The number of aromatic nitrogens is 8. The van der Waals surface area contributed by atoms with E-state index in [2.05, 4.69) is 35.2 Å². The van der Waals surface area contributed by atoms with Crippen molar-refractivity contribution in [1.29, 1.82) is 0 Å². The highest BCUT2D eigenvalue weighted by Gasteiger charge is 2.15. The van der Waals surface area contributed by atoms with E-state index in [4.69, 9.17) is 17.3 Å². The van der Waals surface area contributed by atoms with Gasteiger partial charge >= 0.3 is 0 Å². The van der Waals surface area contributed by atoms with Gasteiger partial charge in [-0.15, -0.1) is 22.7 Å². The Labute approximate surface area is 305 Å². The molecule has 10 nitrogen and oxygen atoms in total. The van der Waals surface area contributed by atoms with Crippen molar-refractivity contribution in [3.8, 4) is 11.4 Å². The van der Waals surface area contributed by atoms with Crippen molar-refractivity contribution in [1.82, 2.24) is 39.0 Å². The maximum atomic E-state index is 14.6. The molecule has 15 heteroatoms. The van der Waals surface area contributed by atoms with Crippen LogP contribution in [-0.4, -0.2) is 39.0 Å². The number of nitrogens with zero attached hydrogens (tertiary/aromatic N) is 8. The molecule has 3 N–H and O–H groups in total. The smallest absolute Gasteiger partial charge is 0.141 e. The van der Waals surface area contributed by atoms with Crippen LogP contribution in [0.4, 0.5) is 14.6 Å². The van der Waals surface area contributed by atoms with Crippen LogP contribution in [0.5, 0.6) is 0 Å². The van der Waals surface area contributed by atoms with Gasteiger partial charge in [0.1, 0.15) is 44.9 Å². The zero-order valence-electron chi connectivity index (χ0n) is 28.0. The van der Waals surface area contributed by atoms with Crippen molar-refractivity contribution in [2.75, 3.05) is 5.32 Å². The molecule has 0 aliphatic rings. The maximum Gasteiger partial charge on any atom is 0.141 e. The van der Waals surface area contributed by atoms with Crippen LogP contribution >= 0.6 is 34.3 Å². The van der Waals surface area contributed by atoms with E-state index in [1.807, 2.05) is 68.2 Å². The molecular weight excluding hydrogens is 710 g/mol. The van der Waals surface area contributed by atoms with Crippen LogP contribution in [0.1, 0.15) is 48.4 Å². The number of benzene rings is 2. The van der Waals surface area contributed by atoms with Crippen LogP contribution < -0.4 is 11.1 Å². The van der Waals surface area contributed by atoms with E-state index in [0.717, 1.165) is 43.2 Å². The number of imidazole rings is 2. The summed E-state index contributed by atoms with van der Waals surface area (Å²) in [4.78, 5) is 26.5. The predicted octanol–water partition coefficient (Wildman–Crippen LogP) is 9.18. The summed E-state index contributed by atoms with van der Waals surface area (Å²) in [6, 6.07) is 13.6. The summed E-state index contributed by atoms with van der Waals surface area (Å²) in [7, 11) is 0. The normalized spacial score (nSPS) is 12.2. The van der Waals surface area contributed by atoms with Crippen molar-refractivity contribution >= 4 is 60.5 Å². The lowest BCUT2D eigenvalue weighted by molar-refractivity contribution is 0.592. The Balaban J connectivity index is 0.000000146. The molecule has 6 heterocycles. The first-order valence-electron chi connectivity index (χ1n) is 15.7. The molecule has 0 spiro atoms. The number of nitrogens with one attached hydrogen (secondary N) is 1. The molecule has 0 saturated heterocycles. The van der Waals surface area contributed by atoms with E-state index in [-0.39, 0.29) is 23.7 Å². The Morgan fingerprint density at radius 1 is 0.706 bits per heavy atom. The van der Waals surface area contributed by atoms with Crippen molar-refractivity contribution in [2.24, 2.45) is 5.73 Å². The molecule has 2 unspecified atom stereocenters. The largest absolute Gasteiger partial charge is 0.363 e. The van der Waals surface area contributed by atoms with Crippen LogP contribution in [0, 0.1) is 25.5 Å². The number of hydrogen-bond donors (Lipinski definition) is 2. The molecule has 0 aliphatic carbocycles. The zero-order chi connectivity index (χ0) is 36.1. The molecule has 2 atom stereocenters. The third-order valence-electron chi connectivity index (χ3n) is 7.77. The molecule has 2 aromatic carbocycles. The number of rotatable bonds is 6. The fraction of sp³-hybridized carbons (Fsp3) is 0.167. The van der Waals surface area contributed by atoms with Gasteiger partial charge in [0, 0.05) is 46.3 Å². The summed E-state index contributed by atoms with van der Waals surface area (Å²) in [5.41, 5.74) is 10.1. The summed E-state index contributed by atoms with van der Waals surface area (Å²) < 4.78 is 31.9. The molecule has 8 aromatic rings. The number of aryl methyl sites for hydroxylation is 2. The van der Waals surface area contributed by atoms with Gasteiger partial charge in [-0.25, -0.2) is 38.7 Å². The third-order valence-corrected chi connectivity index (χ3v) is 9.72. The van der Waals surface area contributed by atoms with E-state index in [9.17, 15) is 8.78 Å². The number of thiophene rings is 2. The van der Waals surface area contributed by atoms with Crippen LogP contribution in [0.15, 0.2) is 97.0 Å². The van der Waals surface area contributed by atoms with Gasteiger partial charge in [0.2, 0.25) is 0 Å². The van der Waals surface area contributed by atoms with Gasteiger partial charge in [-0.2, -0.15) is 0 Å². The number of fused-ring (bicyclic) bond motifs is 2. The summed E-state index contributed by atoms with van der Waals surface area (Å²) in [6.07, 6.45) is 10.1. The molecule has 0 bridgehead atoms. The van der Waals surface area contributed by atoms with Gasteiger partial charge in [-0.1, -0.05) is 23.7 Å². The molecule has 0 saturated carbocycles. The van der Waals surface area contributed by atoms with E-state index in [1.54, 1.807) is 63.5 Å². The number of halogens is 3. The second-order valence-electron chi connectivity index (χ2n) is 11.6. The highest BCUT2D eigenvalue weighted by atomic mass is 35.5. The minimum absolute atomic E-state index is 0.225. The molecule has 0 radical (unpaired) electrons. The summed E-state index contributed by atoms with van der Waals surface area (Å²) in [5.74, 6) is 0.172. The second kappa shape index (κ2) is 15.8. The lowest BCUT2D eigenvalue weighted by atomic mass is 10.1. The van der Waals surface area contributed by atoms with Crippen molar-refractivity contribution in [3.63, 3.8) is 0 Å². The topological polar surface area (TPSA) is 125 Å². The van der Waals surface area contributed by atoms with Crippen LogP contribution in [0.3, 0.4) is 0 Å². The Morgan fingerprint density at radius 3 is 1.75 bits per heavy atom. The predicted molar refractivity (Wildman–Crippen MR) is 201 cm³/mol. The second-order valence-corrected chi connectivity index (χ2v) is 13.7. The molecule has 260 valence electrons. The third kappa shape index (κ3) is 8.43. The summed E-state index contributed by atoms with van der Waals surface area (Å²) in [5, 5.41) is 9.63. The molecule has 51 heavy (non-hydrogen) atoms. The standard InChI is InChI=1S/C18H16FN5S.C12H14FN3.C6H3ClN2S/c1-11-8-24(10-22-11)13-3-4-14(16(19)7-13)12(2)23-17-15-5-6-25-18(15)21-9-20-17;1-8-6-16(7-15-8)10-3-4-11(9(2)14)12(13)5-10;7-5-4-1-2-10-6(4)9-3-8-5/h3-10,12H,1-2H3,(H,20,21,23);3-7,9H,14H2,1-2H3;1-3H. The van der Waals surface area contributed by atoms with Gasteiger partial charge in [0.25, 0.3) is 0 Å². The van der Waals surface area contributed by atoms with Crippen molar-refractivity contribution in [3.05, 3.63) is 136 Å². The molecule has 6 aromatic heterocycles. The lowest BCUT2D eigenvalue weighted by Crippen LogP contribution is -2.10. The van der Waals surface area contributed by atoms with Gasteiger partial charge in [-0.05, 0) is 74.9 Å². The monoisotopic (exact) mass is 742 g/mol. The maximum absolute atomic E-state index is 14.6. The first kappa shape index (κ1) is 35.7. The molecular formula is C36H33ClF2N10S2. The van der Waals surface area contributed by atoms with Crippen molar-refractivity contribution in [2.45, 2.75) is 39.8 Å². The zero-order valence-corrected chi connectivity index (χ0v) is 30.4.